The molecule has 0 amide bonds. The Balaban J connectivity index is 2.15. The summed E-state index contributed by atoms with van der Waals surface area (Å²) < 4.78 is 38.3. The highest BCUT2D eigenvalue weighted by Gasteiger charge is 2.40. The molecule has 18 heavy (non-hydrogen) atoms. The number of hydrogen-bond donors (Lipinski definition) is 1. The fourth-order valence-corrected chi connectivity index (χ4v) is 4.18. The zero-order chi connectivity index (χ0) is 13.1. The maximum Gasteiger partial charge on any atom is 0.184 e. The van der Waals surface area contributed by atoms with E-state index in [0.717, 1.165) is 11.3 Å². The van der Waals surface area contributed by atoms with Gasteiger partial charge in [-0.2, -0.15) is 0 Å². The molecule has 3 nitrogen and oxygen atoms in total. The summed E-state index contributed by atoms with van der Waals surface area (Å²) in [5, 5.41) is 2.78. The van der Waals surface area contributed by atoms with Crippen LogP contribution in [0.15, 0.2) is 17.0 Å². The molecule has 0 aromatic heterocycles. The van der Waals surface area contributed by atoms with Crippen LogP contribution in [-0.2, 0) is 15.3 Å². The van der Waals surface area contributed by atoms with E-state index in [1.54, 1.807) is 0 Å². The summed E-state index contributed by atoms with van der Waals surface area (Å²) >= 11 is 0. The van der Waals surface area contributed by atoms with Crippen LogP contribution in [-0.4, -0.2) is 20.2 Å². The maximum absolute atomic E-state index is 14.1. The van der Waals surface area contributed by atoms with E-state index < -0.39 is 15.7 Å². The van der Waals surface area contributed by atoms with Crippen LogP contribution in [0.4, 0.5) is 10.1 Å². The van der Waals surface area contributed by atoms with E-state index in [1.807, 2.05) is 13.8 Å². The van der Waals surface area contributed by atoms with Gasteiger partial charge in [-0.25, -0.2) is 12.8 Å². The molecule has 0 atom stereocenters. The van der Waals surface area contributed by atoms with Crippen LogP contribution in [0.2, 0.25) is 0 Å². The average Bonchev–Trinajstić information content (AvgIpc) is 3.07. The molecule has 1 aromatic rings. The Morgan fingerprint density at radius 3 is 2.61 bits per heavy atom. The Hall–Kier alpha value is -1.10. The number of hydrogen-bond acceptors (Lipinski definition) is 3. The monoisotopic (exact) mass is 269 g/mol. The Labute approximate surface area is 106 Å². The normalized spacial score (nSPS) is 21.5. The third-order valence-electron chi connectivity index (χ3n) is 3.79. The molecule has 5 heteroatoms. The lowest BCUT2D eigenvalue weighted by atomic mass is 9.87. The van der Waals surface area contributed by atoms with Gasteiger partial charge in [0.2, 0.25) is 0 Å². The van der Waals surface area contributed by atoms with Gasteiger partial charge in [0.1, 0.15) is 10.7 Å². The van der Waals surface area contributed by atoms with Crippen molar-refractivity contribution in [1.29, 1.82) is 0 Å². The minimum atomic E-state index is -3.47. The van der Waals surface area contributed by atoms with E-state index in [0.29, 0.717) is 19.4 Å². The van der Waals surface area contributed by atoms with E-state index >= 15 is 0 Å². The number of fused-ring (bicyclic) bond motifs is 1. The van der Waals surface area contributed by atoms with Crippen LogP contribution >= 0.6 is 0 Å². The van der Waals surface area contributed by atoms with Gasteiger partial charge in [-0.05, 0) is 30.5 Å². The molecule has 1 aromatic carbocycles. The first kappa shape index (κ1) is 12.0. The molecular formula is C13H16FNO2S. The highest BCUT2D eigenvalue weighted by molar-refractivity contribution is 7.92. The van der Waals surface area contributed by atoms with Crippen molar-refractivity contribution >= 4 is 15.5 Å². The van der Waals surface area contributed by atoms with Gasteiger partial charge in [0, 0.05) is 17.6 Å². The smallest absolute Gasteiger partial charge is 0.184 e. The summed E-state index contributed by atoms with van der Waals surface area (Å²) in [6.07, 6.45) is 1.30. The molecule has 2 aliphatic rings. The van der Waals surface area contributed by atoms with E-state index in [-0.39, 0.29) is 15.6 Å². The Bertz CT molecular complexity index is 618. The van der Waals surface area contributed by atoms with Crippen molar-refractivity contribution in [2.45, 2.75) is 42.2 Å². The summed E-state index contributed by atoms with van der Waals surface area (Å²) in [4.78, 5) is -0.144. The summed E-state index contributed by atoms with van der Waals surface area (Å²) in [6, 6.07) is 2.84. The fraction of sp³-hybridized carbons (Fsp3) is 0.538. The van der Waals surface area contributed by atoms with E-state index in [2.05, 4.69) is 5.32 Å². The molecule has 0 spiro atoms. The van der Waals surface area contributed by atoms with Crippen molar-refractivity contribution in [2.75, 3.05) is 11.9 Å². The van der Waals surface area contributed by atoms with Gasteiger partial charge in [0.15, 0.2) is 9.84 Å². The van der Waals surface area contributed by atoms with Crippen LogP contribution < -0.4 is 5.32 Å². The molecule has 1 aliphatic carbocycles. The number of anilines is 1. The van der Waals surface area contributed by atoms with Crippen LogP contribution in [0.5, 0.6) is 0 Å². The van der Waals surface area contributed by atoms with E-state index in [1.165, 1.54) is 12.1 Å². The summed E-state index contributed by atoms with van der Waals surface area (Å²) in [6.45, 7) is 4.73. The number of sulfone groups is 1. The van der Waals surface area contributed by atoms with Crippen LogP contribution in [0.25, 0.3) is 0 Å². The van der Waals surface area contributed by atoms with Crippen molar-refractivity contribution in [1.82, 2.24) is 0 Å². The second kappa shape index (κ2) is 3.47. The van der Waals surface area contributed by atoms with Crippen molar-refractivity contribution in [3.63, 3.8) is 0 Å². The van der Waals surface area contributed by atoms with E-state index in [9.17, 15) is 12.8 Å². The molecule has 1 aliphatic heterocycles. The van der Waals surface area contributed by atoms with Crippen LogP contribution in [0.3, 0.4) is 0 Å². The van der Waals surface area contributed by atoms with Crippen LogP contribution in [0, 0.1) is 5.82 Å². The minimum Gasteiger partial charge on any atom is -0.384 e. The Morgan fingerprint density at radius 2 is 2.00 bits per heavy atom. The molecule has 0 radical (unpaired) electrons. The third-order valence-corrected chi connectivity index (χ3v) is 6.07. The highest BCUT2D eigenvalue weighted by atomic mass is 32.2. The second-order valence-corrected chi connectivity index (χ2v) is 8.01. The standard InChI is InChI=1S/C13H16FNO2S/c1-13(2)7-15-11-6-12(10(14)5-9(11)13)18(16,17)8-3-4-8/h5-6,8,15H,3-4,7H2,1-2H3. The minimum absolute atomic E-state index is 0.144. The third kappa shape index (κ3) is 1.64. The first-order valence-corrected chi connectivity index (χ1v) is 7.69. The predicted molar refractivity (Wildman–Crippen MR) is 68.1 cm³/mol. The molecular weight excluding hydrogens is 253 g/mol. The lowest BCUT2D eigenvalue weighted by Gasteiger charge is -2.17. The van der Waals surface area contributed by atoms with Crippen molar-refractivity contribution in [3.05, 3.63) is 23.5 Å². The summed E-state index contributed by atoms with van der Waals surface area (Å²) in [7, 11) is -3.47. The molecule has 0 bridgehead atoms. The topological polar surface area (TPSA) is 46.2 Å². The second-order valence-electron chi connectivity index (χ2n) is 5.81. The molecule has 98 valence electrons. The van der Waals surface area contributed by atoms with Gasteiger partial charge >= 0.3 is 0 Å². The molecule has 1 N–H and O–H groups in total. The van der Waals surface area contributed by atoms with Gasteiger partial charge in [-0.3, -0.25) is 0 Å². The summed E-state index contributed by atoms with van der Waals surface area (Å²) in [5.74, 6) is -0.613. The van der Waals surface area contributed by atoms with Gasteiger partial charge in [-0.1, -0.05) is 13.8 Å². The maximum atomic E-state index is 14.1. The van der Waals surface area contributed by atoms with Gasteiger partial charge in [0.25, 0.3) is 0 Å². The zero-order valence-electron chi connectivity index (χ0n) is 10.5. The van der Waals surface area contributed by atoms with E-state index in [4.69, 9.17) is 0 Å². The SMILES string of the molecule is CC1(C)CNc2cc(S(=O)(=O)C3CC3)c(F)cc21. The lowest BCUT2D eigenvalue weighted by molar-refractivity contribution is 0.552. The fourth-order valence-electron chi connectivity index (χ4n) is 2.45. The molecule has 0 saturated heterocycles. The first-order chi connectivity index (χ1) is 8.32. The van der Waals surface area contributed by atoms with Gasteiger partial charge < -0.3 is 5.32 Å². The first-order valence-electron chi connectivity index (χ1n) is 6.14. The van der Waals surface area contributed by atoms with Gasteiger partial charge in [-0.15, -0.1) is 0 Å². The van der Waals surface area contributed by atoms with Crippen molar-refractivity contribution in [2.24, 2.45) is 0 Å². The number of nitrogens with one attached hydrogen (secondary N) is 1. The summed E-state index contributed by atoms with van der Waals surface area (Å²) in [5.41, 5.74) is 1.45. The zero-order valence-corrected chi connectivity index (χ0v) is 11.3. The van der Waals surface area contributed by atoms with Crippen molar-refractivity contribution < 1.29 is 12.8 Å². The average molecular weight is 269 g/mol. The van der Waals surface area contributed by atoms with Gasteiger partial charge in [0.05, 0.1) is 5.25 Å². The molecule has 1 heterocycles. The Morgan fingerprint density at radius 1 is 1.33 bits per heavy atom. The number of halogens is 1. The van der Waals surface area contributed by atoms with Crippen molar-refractivity contribution in [3.8, 4) is 0 Å². The van der Waals surface area contributed by atoms with Crippen LogP contribution in [0.1, 0.15) is 32.3 Å². The quantitative estimate of drug-likeness (QED) is 0.897. The highest BCUT2D eigenvalue weighted by Crippen LogP contribution is 2.41. The lowest BCUT2D eigenvalue weighted by Crippen LogP contribution is -2.19. The number of rotatable bonds is 2. The molecule has 0 unspecified atom stereocenters. The molecule has 3 rings (SSSR count). The molecule has 1 fully saturated rings. The largest absolute Gasteiger partial charge is 0.384 e. The molecule has 1 saturated carbocycles. The predicted octanol–water partition coefficient (Wildman–Crippen LogP) is 2.46. The Kier molecular flexibility index (Phi) is 2.31. The number of benzene rings is 1.